The van der Waals surface area contributed by atoms with Gasteiger partial charge in [0.25, 0.3) is 0 Å². The van der Waals surface area contributed by atoms with Crippen LogP contribution in [-0.4, -0.2) is 9.97 Å². The van der Waals surface area contributed by atoms with Crippen molar-refractivity contribution in [3.63, 3.8) is 0 Å². The Bertz CT molecular complexity index is 537. The van der Waals surface area contributed by atoms with Crippen LogP contribution in [0.2, 0.25) is 5.02 Å². The third-order valence-corrected chi connectivity index (χ3v) is 3.59. The molecule has 0 unspecified atom stereocenters. The molecule has 0 saturated carbocycles. The molecule has 0 saturated heterocycles. The van der Waals surface area contributed by atoms with Gasteiger partial charge >= 0.3 is 0 Å². The number of halogens is 2. The summed E-state index contributed by atoms with van der Waals surface area (Å²) in [5.41, 5.74) is 1.98. The lowest BCUT2D eigenvalue weighted by Gasteiger charge is -2.09. The molecule has 3 nitrogen and oxygen atoms in total. The summed E-state index contributed by atoms with van der Waals surface area (Å²) in [6.07, 6.45) is 3.17. The Hall–Kier alpha value is -0.880. The van der Waals surface area contributed by atoms with E-state index in [9.17, 15) is 0 Å². The number of aromatic nitrogens is 2. The zero-order chi connectivity index (χ0) is 12.4. The summed E-state index contributed by atoms with van der Waals surface area (Å²) in [5.74, 6) is 1.29. The molecule has 0 aliphatic carbocycles. The molecule has 1 aromatic carbocycles. The van der Waals surface area contributed by atoms with Gasteiger partial charge in [-0.2, -0.15) is 0 Å². The Morgan fingerprint density at radius 3 is 2.47 bits per heavy atom. The van der Waals surface area contributed by atoms with Crippen molar-refractivity contribution >= 4 is 34.2 Å². The van der Waals surface area contributed by atoms with E-state index >= 15 is 0 Å². The van der Waals surface area contributed by atoms with Gasteiger partial charge in [0.1, 0.15) is 12.1 Å². The second kappa shape index (κ2) is 5.18. The number of nitrogens with zero attached hydrogens (tertiary/aromatic N) is 2. The van der Waals surface area contributed by atoms with Crippen molar-refractivity contribution < 1.29 is 4.74 Å². The summed E-state index contributed by atoms with van der Waals surface area (Å²) in [6.45, 7) is 3.90. The SMILES string of the molecule is Cc1cc(Oc2ncncc2I)cc(C)c1Cl. The van der Waals surface area contributed by atoms with Crippen LogP contribution in [-0.2, 0) is 0 Å². The van der Waals surface area contributed by atoms with E-state index in [0.717, 1.165) is 25.5 Å². The normalized spacial score (nSPS) is 10.4. The predicted octanol–water partition coefficient (Wildman–Crippen LogP) is 4.14. The quantitative estimate of drug-likeness (QED) is 0.755. The van der Waals surface area contributed by atoms with E-state index in [1.807, 2.05) is 26.0 Å². The molecule has 0 aliphatic heterocycles. The van der Waals surface area contributed by atoms with Crippen molar-refractivity contribution in [2.45, 2.75) is 13.8 Å². The van der Waals surface area contributed by atoms with Crippen molar-refractivity contribution in [1.82, 2.24) is 9.97 Å². The topological polar surface area (TPSA) is 35.0 Å². The highest BCUT2D eigenvalue weighted by Crippen LogP contribution is 2.29. The smallest absolute Gasteiger partial charge is 0.235 e. The second-order valence-corrected chi connectivity index (χ2v) is 5.19. The third kappa shape index (κ3) is 2.87. The molecule has 0 spiro atoms. The van der Waals surface area contributed by atoms with Gasteiger partial charge in [-0.15, -0.1) is 0 Å². The molecule has 0 bridgehead atoms. The van der Waals surface area contributed by atoms with Crippen molar-refractivity contribution in [2.24, 2.45) is 0 Å². The van der Waals surface area contributed by atoms with Gasteiger partial charge in [0.2, 0.25) is 5.88 Å². The van der Waals surface area contributed by atoms with Crippen LogP contribution in [0.25, 0.3) is 0 Å². The maximum Gasteiger partial charge on any atom is 0.235 e. The van der Waals surface area contributed by atoms with E-state index in [4.69, 9.17) is 16.3 Å². The minimum absolute atomic E-state index is 0.557. The summed E-state index contributed by atoms with van der Waals surface area (Å²) >= 11 is 8.24. The fourth-order valence-electron chi connectivity index (χ4n) is 1.45. The molecule has 2 aromatic rings. The molecular weight excluding hydrogens is 351 g/mol. The van der Waals surface area contributed by atoms with Crippen molar-refractivity contribution in [3.05, 3.63) is 44.4 Å². The summed E-state index contributed by atoms with van der Waals surface area (Å²) < 4.78 is 6.58. The maximum absolute atomic E-state index is 6.10. The van der Waals surface area contributed by atoms with Crippen LogP contribution >= 0.6 is 34.2 Å². The molecule has 0 amide bonds. The molecular formula is C12H10ClIN2O. The summed E-state index contributed by atoms with van der Waals surface area (Å²) in [4.78, 5) is 8.00. The van der Waals surface area contributed by atoms with Crippen molar-refractivity contribution in [3.8, 4) is 11.6 Å². The Kier molecular flexibility index (Phi) is 3.83. The van der Waals surface area contributed by atoms with E-state index in [1.165, 1.54) is 6.33 Å². The minimum atomic E-state index is 0.557. The van der Waals surface area contributed by atoms with Crippen LogP contribution < -0.4 is 4.74 Å². The molecule has 0 fully saturated rings. The molecule has 0 atom stereocenters. The summed E-state index contributed by atoms with van der Waals surface area (Å²) in [7, 11) is 0. The molecule has 1 aromatic heterocycles. The standard InChI is InChI=1S/C12H10ClIN2O/c1-7-3-9(4-8(2)11(7)13)17-12-10(14)5-15-6-16-12/h3-6H,1-2H3. The van der Waals surface area contributed by atoms with Gasteiger partial charge in [0.15, 0.2) is 0 Å². The van der Waals surface area contributed by atoms with Crippen LogP contribution in [0.15, 0.2) is 24.7 Å². The van der Waals surface area contributed by atoms with E-state index < -0.39 is 0 Å². The van der Waals surface area contributed by atoms with E-state index in [-0.39, 0.29) is 0 Å². The third-order valence-electron chi connectivity index (χ3n) is 2.26. The number of benzene rings is 1. The van der Waals surface area contributed by atoms with Crippen molar-refractivity contribution in [1.29, 1.82) is 0 Å². The van der Waals surface area contributed by atoms with Gasteiger partial charge in [0, 0.05) is 11.2 Å². The molecule has 88 valence electrons. The minimum Gasteiger partial charge on any atom is -0.438 e. The van der Waals surface area contributed by atoms with Gasteiger partial charge in [-0.3, -0.25) is 0 Å². The van der Waals surface area contributed by atoms with Gasteiger partial charge in [0.05, 0.1) is 3.57 Å². The van der Waals surface area contributed by atoms with E-state index in [2.05, 4.69) is 32.6 Å². The zero-order valence-electron chi connectivity index (χ0n) is 9.37. The summed E-state index contributed by atoms with van der Waals surface area (Å²) in [5, 5.41) is 0.773. The predicted molar refractivity (Wildman–Crippen MR) is 75.7 cm³/mol. The zero-order valence-corrected chi connectivity index (χ0v) is 12.3. The molecule has 0 N–H and O–H groups in total. The first kappa shape index (κ1) is 12.6. The molecule has 17 heavy (non-hydrogen) atoms. The second-order valence-electron chi connectivity index (χ2n) is 3.65. The lowest BCUT2D eigenvalue weighted by molar-refractivity contribution is 0.457. The van der Waals surface area contributed by atoms with Gasteiger partial charge in [-0.25, -0.2) is 9.97 Å². The van der Waals surface area contributed by atoms with Crippen LogP contribution in [0.3, 0.4) is 0 Å². The average Bonchev–Trinajstić information content (AvgIpc) is 2.29. The Labute approximate surface area is 118 Å². The number of ether oxygens (including phenoxy) is 1. The molecule has 5 heteroatoms. The van der Waals surface area contributed by atoms with Gasteiger partial charge in [-0.1, -0.05) is 11.6 Å². The molecule has 1 heterocycles. The Morgan fingerprint density at radius 1 is 1.24 bits per heavy atom. The monoisotopic (exact) mass is 360 g/mol. The van der Waals surface area contributed by atoms with Gasteiger partial charge in [-0.05, 0) is 59.7 Å². The fourth-order valence-corrected chi connectivity index (χ4v) is 1.97. The maximum atomic E-state index is 6.10. The molecule has 0 aliphatic rings. The molecule has 0 radical (unpaired) electrons. The molecule has 2 rings (SSSR count). The average molecular weight is 361 g/mol. The highest BCUT2D eigenvalue weighted by atomic mass is 127. The summed E-state index contributed by atoms with van der Waals surface area (Å²) in [6, 6.07) is 3.79. The fraction of sp³-hybridized carbons (Fsp3) is 0.167. The first-order valence-electron chi connectivity index (χ1n) is 4.98. The largest absolute Gasteiger partial charge is 0.438 e. The lowest BCUT2D eigenvalue weighted by Crippen LogP contribution is -1.93. The van der Waals surface area contributed by atoms with Crippen LogP contribution in [0.4, 0.5) is 0 Å². The van der Waals surface area contributed by atoms with E-state index in [1.54, 1.807) is 6.20 Å². The van der Waals surface area contributed by atoms with E-state index in [0.29, 0.717) is 5.88 Å². The Morgan fingerprint density at radius 2 is 1.88 bits per heavy atom. The van der Waals surface area contributed by atoms with Crippen LogP contribution in [0.5, 0.6) is 11.6 Å². The van der Waals surface area contributed by atoms with Gasteiger partial charge < -0.3 is 4.74 Å². The highest BCUT2D eigenvalue weighted by molar-refractivity contribution is 14.1. The first-order valence-corrected chi connectivity index (χ1v) is 6.43. The first-order chi connectivity index (χ1) is 8.08. The highest BCUT2D eigenvalue weighted by Gasteiger charge is 2.07. The van der Waals surface area contributed by atoms with Crippen LogP contribution in [0, 0.1) is 17.4 Å². The number of hydrogen-bond donors (Lipinski definition) is 0. The van der Waals surface area contributed by atoms with Crippen molar-refractivity contribution in [2.75, 3.05) is 0 Å². The number of rotatable bonds is 2. The van der Waals surface area contributed by atoms with Crippen LogP contribution in [0.1, 0.15) is 11.1 Å². The lowest BCUT2D eigenvalue weighted by atomic mass is 10.1. The number of aryl methyl sites for hydroxylation is 2. The number of hydrogen-bond acceptors (Lipinski definition) is 3. The Balaban J connectivity index is 2.34.